The van der Waals surface area contributed by atoms with Gasteiger partial charge in [0.15, 0.2) is 0 Å². The molecule has 0 radical (unpaired) electrons. The third-order valence-corrected chi connectivity index (χ3v) is 3.90. The van der Waals surface area contributed by atoms with Gasteiger partial charge in [0, 0.05) is 6.08 Å². The van der Waals surface area contributed by atoms with Crippen molar-refractivity contribution in [1.82, 2.24) is 25.8 Å². The van der Waals surface area contributed by atoms with E-state index in [4.69, 9.17) is 11.6 Å². The largest absolute Gasteiger partial charge is 0.271 e. The molecule has 2 aromatic carbocycles. The van der Waals surface area contributed by atoms with Crippen molar-refractivity contribution in [3.63, 3.8) is 0 Å². The first-order valence-electron chi connectivity index (χ1n) is 8.09. The van der Waals surface area contributed by atoms with Crippen LogP contribution < -0.4 is 10.9 Å². The molecular weight excluding hydrogens is 366 g/mol. The fraction of sp³-hybridized carbons (Fsp3) is 0.0526. The minimum atomic E-state index is -0.506. The van der Waals surface area contributed by atoms with Gasteiger partial charge in [-0.05, 0) is 23.8 Å². The molecule has 0 aliphatic rings. The molecule has 2 N–H and O–H groups in total. The Hall–Kier alpha value is -3.45. The van der Waals surface area contributed by atoms with Gasteiger partial charge < -0.3 is 0 Å². The van der Waals surface area contributed by atoms with Crippen molar-refractivity contribution in [3.8, 4) is 0 Å². The Balaban J connectivity index is 1.51. The molecule has 3 rings (SSSR count). The Bertz CT molecular complexity index is 969. The molecule has 27 heavy (non-hydrogen) atoms. The first-order valence-corrected chi connectivity index (χ1v) is 8.46. The van der Waals surface area contributed by atoms with E-state index in [9.17, 15) is 9.59 Å². The predicted octanol–water partition coefficient (Wildman–Crippen LogP) is 2.45. The number of hydrogen-bond acceptors (Lipinski definition) is 4. The van der Waals surface area contributed by atoms with E-state index < -0.39 is 11.8 Å². The van der Waals surface area contributed by atoms with Gasteiger partial charge in [0.2, 0.25) is 0 Å². The van der Waals surface area contributed by atoms with E-state index in [-0.39, 0.29) is 5.56 Å². The van der Waals surface area contributed by atoms with Crippen LogP contribution in [0.5, 0.6) is 0 Å². The number of carbonyl (C=O) groups excluding carboxylic acids is 2. The number of hydrogen-bond donors (Lipinski definition) is 2. The number of halogens is 1. The zero-order valence-corrected chi connectivity index (χ0v) is 14.9. The molecule has 8 heteroatoms. The Morgan fingerprint density at radius 1 is 1.04 bits per heavy atom. The second-order valence-electron chi connectivity index (χ2n) is 5.58. The highest BCUT2D eigenvalue weighted by molar-refractivity contribution is 6.33. The fourth-order valence-electron chi connectivity index (χ4n) is 2.27. The van der Waals surface area contributed by atoms with Gasteiger partial charge in [0.1, 0.15) is 5.69 Å². The number of carbonyl (C=O) groups is 2. The van der Waals surface area contributed by atoms with Gasteiger partial charge in [0.25, 0.3) is 11.8 Å². The van der Waals surface area contributed by atoms with E-state index in [1.165, 1.54) is 12.2 Å². The third kappa shape index (κ3) is 5.26. The van der Waals surface area contributed by atoms with Crippen molar-refractivity contribution < 1.29 is 9.59 Å². The summed E-state index contributed by atoms with van der Waals surface area (Å²) in [5.41, 5.74) is 6.48. The summed E-state index contributed by atoms with van der Waals surface area (Å²) in [5, 5.41) is 8.29. The van der Waals surface area contributed by atoms with Crippen LogP contribution >= 0.6 is 11.6 Å². The Kier molecular flexibility index (Phi) is 5.96. The quantitative estimate of drug-likeness (QED) is 0.525. The SMILES string of the molecule is O=C(/C=C/c1cn(Cc2ccccc2)nn1)NNC(=O)c1ccccc1Cl. The van der Waals surface area contributed by atoms with Gasteiger partial charge in [-0.2, -0.15) is 0 Å². The topological polar surface area (TPSA) is 88.9 Å². The number of nitrogens with zero attached hydrogens (tertiary/aromatic N) is 3. The van der Waals surface area contributed by atoms with E-state index >= 15 is 0 Å². The van der Waals surface area contributed by atoms with Gasteiger partial charge in [0.05, 0.1) is 23.3 Å². The molecule has 0 saturated heterocycles. The smallest absolute Gasteiger partial charge is 0.268 e. The molecule has 3 aromatic rings. The zero-order valence-electron chi connectivity index (χ0n) is 14.2. The van der Waals surface area contributed by atoms with E-state index in [2.05, 4.69) is 21.2 Å². The van der Waals surface area contributed by atoms with Crippen LogP contribution in [0.1, 0.15) is 21.6 Å². The number of amides is 2. The molecule has 0 fully saturated rings. The lowest BCUT2D eigenvalue weighted by Crippen LogP contribution is -2.40. The summed E-state index contributed by atoms with van der Waals surface area (Å²) in [7, 11) is 0. The molecule has 0 saturated carbocycles. The third-order valence-electron chi connectivity index (χ3n) is 3.57. The highest BCUT2D eigenvalue weighted by Crippen LogP contribution is 2.14. The molecule has 0 bridgehead atoms. The maximum absolute atomic E-state index is 12.0. The monoisotopic (exact) mass is 381 g/mol. The molecule has 0 unspecified atom stereocenters. The van der Waals surface area contributed by atoms with E-state index in [0.717, 1.165) is 5.56 Å². The highest BCUT2D eigenvalue weighted by atomic mass is 35.5. The molecule has 1 aromatic heterocycles. The predicted molar refractivity (Wildman–Crippen MR) is 102 cm³/mol. The van der Waals surface area contributed by atoms with Gasteiger partial charge in [-0.3, -0.25) is 20.4 Å². The summed E-state index contributed by atoms with van der Waals surface area (Å²) in [4.78, 5) is 23.8. The van der Waals surface area contributed by atoms with Gasteiger partial charge in [-0.1, -0.05) is 59.3 Å². The van der Waals surface area contributed by atoms with Crippen molar-refractivity contribution in [1.29, 1.82) is 0 Å². The van der Waals surface area contributed by atoms with E-state index in [0.29, 0.717) is 17.3 Å². The molecule has 0 aliphatic carbocycles. The molecule has 0 aliphatic heterocycles. The maximum Gasteiger partial charge on any atom is 0.271 e. The minimum Gasteiger partial charge on any atom is -0.268 e. The summed E-state index contributed by atoms with van der Waals surface area (Å²) in [5.74, 6) is -1.01. The summed E-state index contributed by atoms with van der Waals surface area (Å²) < 4.78 is 1.67. The first kappa shape index (κ1) is 18.3. The van der Waals surface area contributed by atoms with Crippen molar-refractivity contribution in [2.24, 2.45) is 0 Å². The number of rotatable bonds is 5. The van der Waals surface area contributed by atoms with Crippen LogP contribution in [0.3, 0.4) is 0 Å². The standard InChI is InChI=1S/C19H16ClN5O2/c20-17-9-5-4-8-16(17)19(27)23-22-18(26)11-10-15-13-25(24-21-15)12-14-6-2-1-3-7-14/h1-11,13H,12H2,(H,22,26)(H,23,27)/b11-10+. The van der Waals surface area contributed by atoms with E-state index in [1.54, 1.807) is 35.1 Å². The Labute approximate surface area is 160 Å². The lowest BCUT2D eigenvalue weighted by molar-refractivity contribution is -0.117. The molecule has 2 amide bonds. The van der Waals surface area contributed by atoms with E-state index in [1.807, 2.05) is 30.3 Å². The van der Waals surface area contributed by atoms with Gasteiger partial charge in [-0.25, -0.2) is 4.68 Å². The summed E-state index contributed by atoms with van der Waals surface area (Å²) in [6.07, 6.45) is 4.48. The normalized spacial score (nSPS) is 10.7. The van der Waals surface area contributed by atoms with Crippen LogP contribution in [0.25, 0.3) is 6.08 Å². The molecule has 0 atom stereocenters. The van der Waals surface area contributed by atoms with Crippen molar-refractivity contribution in [2.45, 2.75) is 6.54 Å². The lowest BCUT2D eigenvalue weighted by atomic mass is 10.2. The van der Waals surface area contributed by atoms with Crippen LogP contribution in [-0.2, 0) is 11.3 Å². The number of hydrazine groups is 1. The average molecular weight is 382 g/mol. The van der Waals surface area contributed by atoms with Crippen LogP contribution in [0.4, 0.5) is 0 Å². The van der Waals surface area contributed by atoms with Crippen molar-refractivity contribution in [3.05, 3.63) is 88.7 Å². The molecule has 1 heterocycles. The molecular formula is C19H16ClN5O2. The second kappa shape index (κ2) is 8.77. The first-order chi connectivity index (χ1) is 13.1. The Morgan fingerprint density at radius 2 is 1.78 bits per heavy atom. The maximum atomic E-state index is 12.0. The van der Waals surface area contributed by atoms with Crippen LogP contribution in [0, 0.1) is 0 Å². The highest BCUT2D eigenvalue weighted by Gasteiger charge is 2.09. The second-order valence-corrected chi connectivity index (χ2v) is 5.99. The lowest BCUT2D eigenvalue weighted by Gasteiger charge is -2.06. The summed E-state index contributed by atoms with van der Waals surface area (Å²) in [6, 6.07) is 16.4. The number of aromatic nitrogens is 3. The number of benzene rings is 2. The molecule has 136 valence electrons. The fourth-order valence-corrected chi connectivity index (χ4v) is 2.49. The van der Waals surface area contributed by atoms with Crippen molar-refractivity contribution >= 4 is 29.5 Å². The summed E-state index contributed by atoms with van der Waals surface area (Å²) >= 11 is 5.93. The Morgan fingerprint density at radius 3 is 2.56 bits per heavy atom. The minimum absolute atomic E-state index is 0.271. The van der Waals surface area contributed by atoms with Crippen LogP contribution in [0.15, 0.2) is 66.9 Å². The summed E-state index contributed by atoms with van der Waals surface area (Å²) in [6.45, 7) is 0.585. The van der Waals surface area contributed by atoms with Crippen molar-refractivity contribution in [2.75, 3.05) is 0 Å². The van der Waals surface area contributed by atoms with Gasteiger partial charge >= 0.3 is 0 Å². The average Bonchev–Trinajstić information content (AvgIpc) is 3.13. The molecule has 0 spiro atoms. The van der Waals surface area contributed by atoms with Crippen LogP contribution in [0.2, 0.25) is 5.02 Å². The zero-order chi connectivity index (χ0) is 19.1. The number of nitrogens with one attached hydrogen (secondary N) is 2. The van der Waals surface area contributed by atoms with Gasteiger partial charge in [-0.15, -0.1) is 5.10 Å². The van der Waals surface area contributed by atoms with Crippen LogP contribution in [-0.4, -0.2) is 26.8 Å². The molecule has 7 nitrogen and oxygen atoms in total.